The fourth-order valence-corrected chi connectivity index (χ4v) is 0.179. The van der Waals surface area contributed by atoms with E-state index in [1.54, 1.807) is 0 Å². The predicted octanol–water partition coefficient (Wildman–Crippen LogP) is -1.76. The van der Waals surface area contributed by atoms with Gasteiger partial charge in [-0.3, -0.25) is 4.79 Å². The minimum atomic E-state index is -0.914. The molecule has 0 fully saturated rings. The van der Waals surface area contributed by atoms with Gasteiger partial charge in [-0.2, -0.15) is 4.99 Å². The Kier molecular flexibility index (Phi) is 2.74. The predicted molar refractivity (Wildman–Crippen MR) is 27.8 cm³/mol. The van der Waals surface area contributed by atoms with Crippen molar-refractivity contribution >= 4 is 12.4 Å². The Morgan fingerprint density at radius 2 is 2.44 bits per heavy atom. The Hall–Kier alpha value is -1.66. The van der Waals surface area contributed by atoms with Crippen molar-refractivity contribution in [3.8, 4) is 0 Å². The zero-order valence-electron chi connectivity index (χ0n) is 4.27. The van der Waals surface area contributed by atoms with Gasteiger partial charge in [0.05, 0.1) is 0 Å². The quantitative estimate of drug-likeness (QED) is 0.152. The van der Waals surface area contributed by atoms with Crippen LogP contribution in [0.4, 0.5) is 0 Å². The summed E-state index contributed by atoms with van der Waals surface area (Å²) in [6.45, 7) is 0. The lowest BCUT2D eigenvalue weighted by atomic mass is 11.0. The summed E-state index contributed by atoms with van der Waals surface area (Å²) in [6, 6.07) is 0. The van der Waals surface area contributed by atoms with Crippen LogP contribution in [0.15, 0.2) is 4.99 Å². The van der Waals surface area contributed by atoms with Gasteiger partial charge in [-0.05, 0) is 0 Å². The lowest BCUT2D eigenvalue weighted by Crippen LogP contribution is -2.35. The summed E-state index contributed by atoms with van der Waals surface area (Å²) in [6.07, 6.45) is 0.103. The second kappa shape index (κ2) is 3.36. The van der Waals surface area contributed by atoms with Gasteiger partial charge < -0.3 is 5.73 Å². The third-order valence-electron chi connectivity index (χ3n) is 0.398. The normalized spacial score (nSPS) is 10.4. The van der Waals surface area contributed by atoms with E-state index in [9.17, 15) is 14.9 Å². The SMILES string of the molecule is NC(=NC=O)N[N+](=O)[O-]. The van der Waals surface area contributed by atoms with Gasteiger partial charge in [-0.15, -0.1) is 0 Å². The number of carbonyl (C=O) groups excluding carboxylic acids is 1. The molecule has 0 aromatic carbocycles. The molecule has 0 aliphatic rings. The summed E-state index contributed by atoms with van der Waals surface area (Å²) < 4.78 is 0. The number of rotatable bonds is 2. The number of nitro groups is 1. The van der Waals surface area contributed by atoms with E-state index >= 15 is 0 Å². The second-order valence-electron chi connectivity index (χ2n) is 0.989. The van der Waals surface area contributed by atoms with Crippen LogP contribution in [0.1, 0.15) is 0 Å². The smallest absolute Gasteiger partial charge is 0.259 e. The molecule has 0 saturated carbocycles. The molecular formula is C2H4N4O3. The molecule has 0 aliphatic carbocycles. The van der Waals surface area contributed by atoms with Crippen LogP contribution in [0.3, 0.4) is 0 Å². The number of carbonyl (C=O) groups is 1. The summed E-state index contributed by atoms with van der Waals surface area (Å²) in [5.41, 5.74) is 6.21. The number of hydrogen-bond donors (Lipinski definition) is 2. The summed E-state index contributed by atoms with van der Waals surface area (Å²) >= 11 is 0. The maximum absolute atomic E-state index is 9.50. The maximum atomic E-state index is 9.50. The Balaban J connectivity index is 3.75. The number of aliphatic imine (C=N–C) groups is 1. The molecule has 0 aliphatic heterocycles. The van der Waals surface area contributed by atoms with Crippen molar-refractivity contribution in [2.24, 2.45) is 10.7 Å². The first kappa shape index (κ1) is 7.34. The van der Waals surface area contributed by atoms with Gasteiger partial charge in [0.25, 0.3) is 5.96 Å². The topological polar surface area (TPSA) is 111 Å². The van der Waals surface area contributed by atoms with E-state index in [0.29, 0.717) is 0 Å². The van der Waals surface area contributed by atoms with E-state index in [1.165, 1.54) is 5.43 Å². The van der Waals surface area contributed by atoms with Crippen LogP contribution in [0.2, 0.25) is 0 Å². The third kappa shape index (κ3) is 4.19. The van der Waals surface area contributed by atoms with Crippen molar-refractivity contribution in [2.45, 2.75) is 0 Å². The van der Waals surface area contributed by atoms with Gasteiger partial charge in [0.1, 0.15) is 0 Å². The number of hydrogen-bond acceptors (Lipinski definition) is 3. The van der Waals surface area contributed by atoms with Crippen molar-refractivity contribution in [2.75, 3.05) is 0 Å². The fraction of sp³-hybridized carbons (Fsp3) is 0. The van der Waals surface area contributed by atoms with Crippen LogP contribution in [-0.4, -0.2) is 17.4 Å². The van der Waals surface area contributed by atoms with Gasteiger partial charge in [0, 0.05) is 0 Å². The van der Waals surface area contributed by atoms with Gasteiger partial charge in [-0.1, -0.05) is 5.43 Å². The molecular weight excluding hydrogens is 128 g/mol. The molecule has 0 unspecified atom stereocenters. The Morgan fingerprint density at radius 3 is 2.78 bits per heavy atom. The zero-order chi connectivity index (χ0) is 7.28. The molecule has 0 radical (unpaired) electrons. The van der Waals surface area contributed by atoms with Gasteiger partial charge in [-0.25, -0.2) is 10.1 Å². The maximum Gasteiger partial charge on any atom is 0.259 e. The molecule has 3 N–H and O–H groups in total. The average molecular weight is 132 g/mol. The number of guanidine groups is 1. The van der Waals surface area contributed by atoms with Crippen LogP contribution in [-0.2, 0) is 4.79 Å². The highest BCUT2D eigenvalue weighted by atomic mass is 16.7. The number of nitrogens with zero attached hydrogens (tertiary/aromatic N) is 2. The first-order chi connectivity index (χ1) is 4.16. The van der Waals surface area contributed by atoms with Crippen LogP contribution >= 0.6 is 0 Å². The van der Waals surface area contributed by atoms with Crippen molar-refractivity contribution in [1.82, 2.24) is 5.43 Å². The molecule has 0 saturated heterocycles. The van der Waals surface area contributed by atoms with E-state index in [1.807, 2.05) is 0 Å². The molecule has 7 nitrogen and oxygen atoms in total. The number of hydrazine groups is 1. The highest BCUT2D eigenvalue weighted by Gasteiger charge is 1.95. The molecule has 0 aromatic heterocycles. The Bertz CT molecular complexity index is 152. The summed E-state index contributed by atoms with van der Waals surface area (Å²) in [4.78, 5) is 21.8. The van der Waals surface area contributed by atoms with Gasteiger partial charge in [0.2, 0.25) is 6.41 Å². The first-order valence-corrected chi connectivity index (χ1v) is 1.84. The molecule has 0 heterocycles. The van der Waals surface area contributed by atoms with Crippen molar-refractivity contribution < 1.29 is 9.83 Å². The van der Waals surface area contributed by atoms with E-state index < -0.39 is 11.0 Å². The Labute approximate surface area is 49.7 Å². The van der Waals surface area contributed by atoms with Crippen LogP contribution in [0, 0.1) is 10.1 Å². The zero-order valence-corrected chi connectivity index (χ0v) is 4.27. The van der Waals surface area contributed by atoms with E-state index in [0.717, 1.165) is 0 Å². The minimum Gasteiger partial charge on any atom is -0.365 e. The molecule has 50 valence electrons. The highest BCUT2D eigenvalue weighted by molar-refractivity contribution is 5.83. The molecule has 9 heavy (non-hydrogen) atoms. The standard InChI is InChI=1S/C2H4N4O3/c3-2(4-1-7)5-6(8)9/h1H,(H3,3,4,5,7). The largest absolute Gasteiger partial charge is 0.365 e. The summed E-state index contributed by atoms with van der Waals surface area (Å²) in [7, 11) is 0. The van der Waals surface area contributed by atoms with Crippen molar-refractivity contribution in [1.29, 1.82) is 0 Å². The van der Waals surface area contributed by atoms with Crippen LogP contribution in [0.25, 0.3) is 0 Å². The fourth-order valence-electron chi connectivity index (χ4n) is 0.179. The third-order valence-corrected chi connectivity index (χ3v) is 0.398. The van der Waals surface area contributed by atoms with Gasteiger partial charge >= 0.3 is 0 Å². The molecule has 0 rings (SSSR count). The first-order valence-electron chi connectivity index (χ1n) is 1.84. The molecule has 0 aromatic rings. The second-order valence-corrected chi connectivity index (χ2v) is 0.989. The number of nitrogens with one attached hydrogen (secondary N) is 1. The van der Waals surface area contributed by atoms with Crippen molar-refractivity contribution in [3.05, 3.63) is 10.1 Å². The molecule has 0 bridgehead atoms. The van der Waals surface area contributed by atoms with Crippen LogP contribution < -0.4 is 11.2 Å². The van der Waals surface area contributed by atoms with Gasteiger partial charge in [0.15, 0.2) is 5.03 Å². The van der Waals surface area contributed by atoms with Crippen molar-refractivity contribution in [3.63, 3.8) is 0 Å². The lowest BCUT2D eigenvalue weighted by Gasteiger charge is -1.89. The minimum absolute atomic E-state index is 0.103. The summed E-state index contributed by atoms with van der Waals surface area (Å²) in [5, 5.41) is 8.59. The highest BCUT2D eigenvalue weighted by Crippen LogP contribution is 1.58. The Morgan fingerprint density at radius 1 is 1.89 bits per heavy atom. The molecule has 7 heteroatoms. The molecule has 0 atom stereocenters. The van der Waals surface area contributed by atoms with E-state index in [4.69, 9.17) is 5.73 Å². The molecule has 0 spiro atoms. The van der Waals surface area contributed by atoms with Crippen LogP contribution in [0.5, 0.6) is 0 Å². The summed E-state index contributed by atoms with van der Waals surface area (Å²) in [5.74, 6) is -0.532. The monoisotopic (exact) mass is 132 g/mol. The van der Waals surface area contributed by atoms with E-state index in [-0.39, 0.29) is 6.41 Å². The number of amides is 1. The molecule has 1 amide bonds. The average Bonchev–Trinajstić information content (AvgIpc) is 1.63. The van der Waals surface area contributed by atoms with E-state index in [2.05, 4.69) is 4.99 Å². The number of nitrogens with two attached hydrogens (primary N) is 1. The lowest BCUT2D eigenvalue weighted by molar-refractivity contribution is -0.525.